The maximum absolute atomic E-state index is 13.1. The zero-order valence-corrected chi connectivity index (χ0v) is 20.5. The average molecular weight is 512 g/mol. The summed E-state index contributed by atoms with van der Waals surface area (Å²) in [6, 6.07) is 20.8. The van der Waals surface area contributed by atoms with E-state index in [4.69, 9.17) is 25.5 Å². The van der Waals surface area contributed by atoms with Crippen molar-refractivity contribution in [2.45, 2.75) is 23.3 Å². The van der Waals surface area contributed by atoms with E-state index < -0.39 is 15.7 Å². The quantitative estimate of drug-likeness (QED) is 0.316. The van der Waals surface area contributed by atoms with Crippen molar-refractivity contribution in [2.75, 3.05) is 12.4 Å². The summed E-state index contributed by atoms with van der Waals surface area (Å²) in [5.41, 5.74) is 1.22. The first-order valence-corrected chi connectivity index (χ1v) is 12.4. The van der Waals surface area contributed by atoms with Crippen molar-refractivity contribution in [3.05, 3.63) is 101 Å². The highest BCUT2D eigenvalue weighted by Gasteiger charge is 2.21. The minimum Gasteiger partial charge on any atom is -0.497 e. The summed E-state index contributed by atoms with van der Waals surface area (Å²) < 4.78 is 42.8. The third kappa shape index (κ3) is 5.67. The minimum absolute atomic E-state index is 0.0405. The second-order valence-electron chi connectivity index (χ2n) is 7.63. The number of sulfone groups is 1. The number of para-hydroxylation sites is 1. The number of amides is 1. The standard InChI is InChI=1S/C26H22ClNO6S/c1-17-5-3-4-6-24(17)33-16-20-9-12-25(34-20)26(29)28-19-13-21(32-2)15-23(14-19)35(30,31)22-10-7-18(27)8-11-22/h3-15H,16H2,1-2H3,(H,28,29). The Bertz CT molecular complexity index is 1460. The molecule has 0 aliphatic carbocycles. The summed E-state index contributed by atoms with van der Waals surface area (Å²) in [6.07, 6.45) is 0. The number of methoxy groups -OCH3 is 1. The zero-order chi connectivity index (χ0) is 25.0. The highest BCUT2D eigenvalue weighted by atomic mass is 35.5. The predicted octanol–water partition coefficient (Wildman–Crippen LogP) is 5.91. The molecule has 1 amide bonds. The Morgan fingerprint density at radius 1 is 0.971 bits per heavy atom. The van der Waals surface area contributed by atoms with Crippen molar-refractivity contribution in [3.8, 4) is 11.5 Å². The molecule has 7 nitrogen and oxygen atoms in total. The largest absolute Gasteiger partial charge is 0.497 e. The van der Waals surface area contributed by atoms with E-state index in [-0.39, 0.29) is 33.6 Å². The Hall–Kier alpha value is -3.75. The number of benzene rings is 3. The summed E-state index contributed by atoms with van der Waals surface area (Å²) >= 11 is 5.88. The van der Waals surface area contributed by atoms with Gasteiger partial charge < -0.3 is 19.2 Å². The molecule has 4 aromatic rings. The number of anilines is 1. The molecule has 1 heterocycles. The number of furan rings is 1. The van der Waals surface area contributed by atoms with Gasteiger partial charge in [-0.2, -0.15) is 0 Å². The summed E-state index contributed by atoms with van der Waals surface area (Å²) in [5.74, 6) is 0.964. The van der Waals surface area contributed by atoms with Crippen molar-refractivity contribution in [1.82, 2.24) is 0 Å². The van der Waals surface area contributed by atoms with Crippen LogP contribution in [0.1, 0.15) is 21.9 Å². The van der Waals surface area contributed by atoms with Crippen molar-refractivity contribution in [1.29, 1.82) is 0 Å². The van der Waals surface area contributed by atoms with Gasteiger partial charge >= 0.3 is 0 Å². The van der Waals surface area contributed by atoms with E-state index in [9.17, 15) is 13.2 Å². The second-order valence-corrected chi connectivity index (χ2v) is 10.0. The molecular formula is C26H22ClNO6S. The molecule has 0 saturated carbocycles. The Kier molecular flexibility index (Phi) is 7.14. The highest BCUT2D eigenvalue weighted by molar-refractivity contribution is 7.91. The predicted molar refractivity (Wildman–Crippen MR) is 132 cm³/mol. The van der Waals surface area contributed by atoms with Gasteiger partial charge in [-0.15, -0.1) is 0 Å². The Morgan fingerprint density at radius 3 is 2.43 bits per heavy atom. The molecule has 1 N–H and O–H groups in total. The molecule has 4 rings (SSSR count). The number of carbonyl (C=O) groups is 1. The van der Waals surface area contributed by atoms with Gasteiger partial charge in [0.25, 0.3) is 5.91 Å². The smallest absolute Gasteiger partial charge is 0.291 e. The lowest BCUT2D eigenvalue weighted by Gasteiger charge is -2.11. The number of aryl methyl sites for hydroxylation is 1. The number of nitrogens with one attached hydrogen (secondary N) is 1. The van der Waals surface area contributed by atoms with Gasteiger partial charge in [0.2, 0.25) is 9.84 Å². The topological polar surface area (TPSA) is 94.8 Å². The van der Waals surface area contributed by atoms with Crippen LogP contribution in [0, 0.1) is 6.92 Å². The highest BCUT2D eigenvalue weighted by Crippen LogP contribution is 2.29. The number of ether oxygens (including phenoxy) is 2. The van der Waals surface area contributed by atoms with E-state index in [1.807, 2.05) is 31.2 Å². The first-order chi connectivity index (χ1) is 16.8. The van der Waals surface area contributed by atoms with Gasteiger partial charge in [0.05, 0.1) is 16.9 Å². The SMILES string of the molecule is COc1cc(NC(=O)c2ccc(COc3ccccc3C)o2)cc(S(=O)(=O)c2ccc(Cl)cc2)c1. The number of hydrogen-bond acceptors (Lipinski definition) is 6. The van der Waals surface area contributed by atoms with Crippen molar-refractivity contribution >= 4 is 33.0 Å². The first kappa shape index (κ1) is 24.4. The van der Waals surface area contributed by atoms with Crippen LogP contribution in [0.15, 0.2) is 93.1 Å². The fourth-order valence-electron chi connectivity index (χ4n) is 3.30. The van der Waals surface area contributed by atoms with E-state index in [2.05, 4.69) is 5.32 Å². The number of hydrogen-bond donors (Lipinski definition) is 1. The fraction of sp³-hybridized carbons (Fsp3) is 0.115. The van der Waals surface area contributed by atoms with Crippen molar-refractivity contribution in [3.63, 3.8) is 0 Å². The van der Waals surface area contributed by atoms with Gasteiger partial charge in [-0.25, -0.2) is 8.42 Å². The number of rotatable bonds is 8. The molecule has 0 radical (unpaired) electrons. The van der Waals surface area contributed by atoms with E-state index in [1.165, 1.54) is 55.6 Å². The summed E-state index contributed by atoms with van der Waals surface area (Å²) in [5, 5.41) is 3.08. The van der Waals surface area contributed by atoms with Crippen LogP contribution in [-0.4, -0.2) is 21.4 Å². The van der Waals surface area contributed by atoms with E-state index in [0.29, 0.717) is 10.8 Å². The van der Waals surface area contributed by atoms with Gasteiger partial charge in [-0.1, -0.05) is 29.8 Å². The lowest BCUT2D eigenvalue weighted by molar-refractivity contribution is 0.0992. The third-order valence-electron chi connectivity index (χ3n) is 5.16. The zero-order valence-electron chi connectivity index (χ0n) is 18.9. The summed E-state index contributed by atoms with van der Waals surface area (Å²) in [6.45, 7) is 2.09. The summed E-state index contributed by atoms with van der Waals surface area (Å²) in [4.78, 5) is 12.8. The van der Waals surface area contributed by atoms with Crippen LogP contribution < -0.4 is 14.8 Å². The van der Waals surface area contributed by atoms with Crippen LogP contribution in [0.25, 0.3) is 0 Å². The molecule has 0 unspecified atom stereocenters. The fourth-order valence-corrected chi connectivity index (χ4v) is 4.75. The molecule has 3 aromatic carbocycles. The van der Waals surface area contributed by atoms with Gasteiger partial charge in [0.1, 0.15) is 23.9 Å². The normalized spacial score (nSPS) is 11.2. The maximum atomic E-state index is 13.1. The molecule has 0 bridgehead atoms. The maximum Gasteiger partial charge on any atom is 0.291 e. The molecular weight excluding hydrogens is 490 g/mol. The van der Waals surface area contributed by atoms with Crippen LogP contribution in [0.4, 0.5) is 5.69 Å². The third-order valence-corrected chi connectivity index (χ3v) is 7.16. The second kappa shape index (κ2) is 10.2. The van der Waals surface area contributed by atoms with Crippen molar-refractivity contribution in [2.24, 2.45) is 0 Å². The molecule has 0 aliphatic heterocycles. The monoisotopic (exact) mass is 511 g/mol. The van der Waals surface area contributed by atoms with Crippen molar-refractivity contribution < 1.29 is 27.1 Å². The lowest BCUT2D eigenvalue weighted by atomic mass is 10.2. The molecule has 0 aliphatic rings. The van der Waals surface area contributed by atoms with E-state index in [1.54, 1.807) is 6.07 Å². The lowest BCUT2D eigenvalue weighted by Crippen LogP contribution is -2.12. The molecule has 0 spiro atoms. The first-order valence-electron chi connectivity index (χ1n) is 10.5. The van der Waals surface area contributed by atoms with Crippen LogP contribution in [0.3, 0.4) is 0 Å². The molecule has 0 saturated heterocycles. The van der Waals surface area contributed by atoms with Crippen LogP contribution in [0.2, 0.25) is 5.02 Å². The van der Waals surface area contributed by atoms with Crippen LogP contribution in [-0.2, 0) is 16.4 Å². The number of carbonyl (C=O) groups excluding carboxylic acids is 1. The van der Waals surface area contributed by atoms with Gasteiger partial charge in [0, 0.05) is 16.8 Å². The summed E-state index contributed by atoms with van der Waals surface area (Å²) in [7, 11) is -2.46. The van der Waals surface area contributed by atoms with Gasteiger partial charge in [-0.3, -0.25) is 4.79 Å². The van der Waals surface area contributed by atoms with Crippen LogP contribution >= 0.6 is 11.6 Å². The van der Waals surface area contributed by atoms with Crippen LogP contribution in [0.5, 0.6) is 11.5 Å². The molecule has 180 valence electrons. The molecule has 0 fully saturated rings. The number of halogens is 1. The minimum atomic E-state index is -3.87. The molecule has 1 aromatic heterocycles. The van der Waals surface area contributed by atoms with E-state index in [0.717, 1.165) is 11.3 Å². The molecule has 0 atom stereocenters. The molecule has 9 heteroatoms. The van der Waals surface area contributed by atoms with E-state index >= 15 is 0 Å². The Labute approximate surface area is 208 Å². The average Bonchev–Trinajstić information content (AvgIpc) is 3.33. The van der Waals surface area contributed by atoms with Gasteiger partial charge in [0.15, 0.2) is 5.76 Å². The van der Waals surface area contributed by atoms with Gasteiger partial charge in [-0.05, 0) is 67.1 Å². The molecule has 35 heavy (non-hydrogen) atoms. The Balaban J connectivity index is 1.52. The Morgan fingerprint density at radius 2 is 1.71 bits per heavy atom.